The van der Waals surface area contributed by atoms with Gasteiger partial charge in [0.1, 0.15) is 0 Å². The van der Waals surface area contributed by atoms with Crippen molar-refractivity contribution >= 4 is 40.8 Å². The zero-order chi connectivity index (χ0) is 24.9. The van der Waals surface area contributed by atoms with Crippen LogP contribution in [0.3, 0.4) is 0 Å². The van der Waals surface area contributed by atoms with Crippen molar-refractivity contribution in [2.24, 2.45) is 23.7 Å². The Morgan fingerprint density at radius 1 is 1.09 bits per heavy atom. The second-order valence-electron chi connectivity index (χ2n) is 8.94. The Bertz CT molecular complexity index is 1290. The third kappa shape index (κ3) is 3.86. The number of fused-ring (bicyclic) bond motifs is 5. The molecule has 10 heteroatoms. The second-order valence-corrected chi connectivity index (χ2v) is 8.94. The number of carbonyl (C=O) groups excluding carboxylic acids is 4. The number of aryl methyl sites for hydroxylation is 1. The normalized spacial score (nSPS) is 24.0. The minimum Gasteiger partial charge on any atom is -0.452 e. The van der Waals surface area contributed by atoms with E-state index in [1.807, 2.05) is 12.2 Å². The summed E-state index contributed by atoms with van der Waals surface area (Å²) >= 11 is 0. The molecule has 3 amide bonds. The fourth-order valence-corrected chi connectivity index (χ4v) is 5.22. The highest BCUT2D eigenvalue weighted by atomic mass is 16.6. The molecule has 2 aromatic carbocycles. The van der Waals surface area contributed by atoms with Gasteiger partial charge in [-0.25, -0.2) is 9.69 Å². The van der Waals surface area contributed by atoms with Gasteiger partial charge in [-0.15, -0.1) is 0 Å². The minimum absolute atomic E-state index is 0.0769. The number of nitro groups is 1. The Morgan fingerprint density at radius 2 is 1.77 bits per heavy atom. The number of imide groups is 1. The van der Waals surface area contributed by atoms with E-state index >= 15 is 0 Å². The molecule has 1 heterocycles. The molecule has 1 aliphatic heterocycles. The van der Waals surface area contributed by atoms with Gasteiger partial charge in [-0.1, -0.05) is 24.3 Å². The molecule has 5 rings (SSSR count). The van der Waals surface area contributed by atoms with Crippen molar-refractivity contribution in [1.29, 1.82) is 0 Å². The summed E-state index contributed by atoms with van der Waals surface area (Å²) in [6.07, 6.45) is 4.84. The number of rotatable bonds is 6. The van der Waals surface area contributed by atoms with Crippen molar-refractivity contribution in [3.63, 3.8) is 0 Å². The number of allylic oxidation sites excluding steroid dienone is 2. The van der Waals surface area contributed by atoms with Crippen molar-refractivity contribution in [3.05, 3.63) is 75.9 Å². The van der Waals surface area contributed by atoms with Gasteiger partial charge in [0, 0.05) is 17.3 Å². The van der Waals surface area contributed by atoms with Crippen molar-refractivity contribution in [2.45, 2.75) is 13.3 Å². The fourth-order valence-electron chi connectivity index (χ4n) is 5.22. The van der Waals surface area contributed by atoms with Gasteiger partial charge in [-0.05, 0) is 49.4 Å². The summed E-state index contributed by atoms with van der Waals surface area (Å²) in [5.74, 6) is -2.54. The number of nitrogens with zero attached hydrogens (tertiary/aromatic N) is 2. The number of hydrogen-bond acceptors (Lipinski definition) is 7. The van der Waals surface area contributed by atoms with Gasteiger partial charge in [0.15, 0.2) is 6.61 Å². The Morgan fingerprint density at radius 3 is 2.43 bits per heavy atom. The SMILES string of the molecule is Cc1ccc(NC(=O)COC(=O)c2cccc(N3C(=O)[C@@H]4[C@H](C3=O)[C@H]3C=C[C@H]4C3)c2)cc1[N+](=O)[O-]. The molecule has 0 spiro atoms. The van der Waals surface area contributed by atoms with Crippen LogP contribution in [0.5, 0.6) is 0 Å². The monoisotopic (exact) mass is 475 g/mol. The molecule has 1 saturated carbocycles. The van der Waals surface area contributed by atoms with Gasteiger partial charge < -0.3 is 10.1 Å². The molecule has 2 fully saturated rings. The van der Waals surface area contributed by atoms with Crippen LogP contribution < -0.4 is 10.2 Å². The van der Waals surface area contributed by atoms with Crippen LogP contribution in [0.25, 0.3) is 0 Å². The molecule has 2 aromatic rings. The number of nitro benzene ring substituents is 1. The van der Waals surface area contributed by atoms with Crippen molar-refractivity contribution < 1.29 is 28.8 Å². The predicted molar refractivity (Wildman–Crippen MR) is 123 cm³/mol. The molecule has 4 atom stereocenters. The average molecular weight is 475 g/mol. The van der Waals surface area contributed by atoms with E-state index in [0.29, 0.717) is 11.3 Å². The third-order valence-electron chi connectivity index (χ3n) is 6.83. The number of ether oxygens (including phenoxy) is 1. The Hall–Kier alpha value is -4.34. The second kappa shape index (κ2) is 8.46. The maximum Gasteiger partial charge on any atom is 0.338 e. The molecule has 178 valence electrons. The quantitative estimate of drug-likeness (QED) is 0.223. The molecular weight excluding hydrogens is 454 g/mol. The number of amides is 3. The van der Waals surface area contributed by atoms with Crippen LogP contribution in [0.1, 0.15) is 22.3 Å². The van der Waals surface area contributed by atoms with Crippen LogP contribution in [0, 0.1) is 40.7 Å². The lowest BCUT2D eigenvalue weighted by molar-refractivity contribution is -0.385. The maximum absolute atomic E-state index is 13.0. The lowest BCUT2D eigenvalue weighted by atomic mass is 9.85. The predicted octanol–water partition coefficient (Wildman–Crippen LogP) is 3.01. The number of anilines is 2. The lowest BCUT2D eigenvalue weighted by Gasteiger charge is -2.18. The van der Waals surface area contributed by atoms with Gasteiger partial charge in [0.05, 0.1) is 28.0 Å². The first kappa shape index (κ1) is 22.5. The first-order chi connectivity index (χ1) is 16.7. The molecule has 3 aliphatic rings. The zero-order valence-corrected chi connectivity index (χ0v) is 18.7. The summed E-state index contributed by atoms with van der Waals surface area (Å²) in [5, 5.41) is 13.5. The van der Waals surface area contributed by atoms with Crippen LogP contribution in [-0.2, 0) is 19.1 Å². The van der Waals surface area contributed by atoms with Gasteiger partial charge in [-0.3, -0.25) is 24.5 Å². The summed E-state index contributed by atoms with van der Waals surface area (Å²) in [4.78, 5) is 62.4. The molecular formula is C25H21N3O7. The highest BCUT2D eigenvalue weighted by molar-refractivity contribution is 6.23. The molecule has 1 N–H and O–H groups in total. The van der Waals surface area contributed by atoms with Crippen LogP contribution >= 0.6 is 0 Å². The molecule has 35 heavy (non-hydrogen) atoms. The molecule has 0 unspecified atom stereocenters. The summed E-state index contributed by atoms with van der Waals surface area (Å²) in [7, 11) is 0. The third-order valence-corrected chi connectivity index (χ3v) is 6.83. The summed E-state index contributed by atoms with van der Waals surface area (Å²) in [6.45, 7) is 0.960. The van der Waals surface area contributed by atoms with Crippen LogP contribution in [-0.4, -0.2) is 35.2 Å². The largest absolute Gasteiger partial charge is 0.452 e. The summed E-state index contributed by atoms with van der Waals surface area (Å²) < 4.78 is 5.07. The number of carbonyl (C=O) groups is 4. The van der Waals surface area contributed by atoms with E-state index in [9.17, 15) is 29.3 Å². The van der Waals surface area contributed by atoms with Crippen molar-refractivity contribution in [1.82, 2.24) is 0 Å². The Balaban J connectivity index is 1.23. The first-order valence-electron chi connectivity index (χ1n) is 11.1. The molecule has 0 aromatic heterocycles. The average Bonchev–Trinajstić information content (AvgIpc) is 3.52. The summed E-state index contributed by atoms with van der Waals surface area (Å²) in [6, 6.07) is 10.2. The number of esters is 1. The Labute approximate surface area is 199 Å². The number of benzene rings is 2. The standard InChI is InChI=1S/C25H21N3O7/c1-13-5-8-17(11-19(13)28(33)34)26-20(29)12-35-25(32)16-3-2-4-18(10-16)27-23(30)21-14-6-7-15(9-14)22(21)24(27)31/h2-8,10-11,14-15,21-22H,9,12H2,1H3,(H,26,29)/t14-,15-,21-,22+/m0/s1. The van der Waals surface area contributed by atoms with Crippen molar-refractivity contribution in [2.75, 3.05) is 16.8 Å². The van der Waals surface area contributed by atoms with Crippen molar-refractivity contribution in [3.8, 4) is 0 Å². The van der Waals surface area contributed by atoms with Crippen LogP contribution in [0.15, 0.2) is 54.6 Å². The highest BCUT2D eigenvalue weighted by Crippen LogP contribution is 2.53. The first-order valence-corrected chi connectivity index (χ1v) is 11.1. The van der Waals surface area contributed by atoms with Crippen LogP contribution in [0.2, 0.25) is 0 Å². The van der Waals surface area contributed by atoms with E-state index in [2.05, 4.69) is 5.32 Å². The van der Waals surface area contributed by atoms with E-state index in [4.69, 9.17) is 4.74 Å². The number of nitrogens with one attached hydrogen (secondary N) is 1. The van der Waals surface area contributed by atoms with Gasteiger partial charge in [0.2, 0.25) is 11.8 Å². The van der Waals surface area contributed by atoms with Gasteiger partial charge >= 0.3 is 5.97 Å². The van der Waals surface area contributed by atoms with E-state index < -0.39 is 23.4 Å². The van der Waals surface area contributed by atoms with E-state index in [1.165, 1.54) is 30.3 Å². The van der Waals surface area contributed by atoms with Gasteiger partial charge in [-0.2, -0.15) is 0 Å². The van der Waals surface area contributed by atoms with E-state index in [0.717, 1.165) is 11.3 Å². The smallest absolute Gasteiger partial charge is 0.338 e. The van der Waals surface area contributed by atoms with E-state index in [-0.39, 0.29) is 52.4 Å². The molecule has 10 nitrogen and oxygen atoms in total. The van der Waals surface area contributed by atoms with Gasteiger partial charge in [0.25, 0.3) is 11.6 Å². The zero-order valence-electron chi connectivity index (χ0n) is 18.7. The molecule has 2 bridgehead atoms. The Kier molecular flexibility index (Phi) is 5.43. The number of hydrogen-bond donors (Lipinski definition) is 1. The summed E-state index contributed by atoms with van der Waals surface area (Å²) in [5.41, 5.74) is 0.877. The molecule has 0 radical (unpaired) electrons. The van der Waals surface area contributed by atoms with Crippen LogP contribution in [0.4, 0.5) is 17.1 Å². The fraction of sp³-hybridized carbons (Fsp3) is 0.280. The lowest BCUT2D eigenvalue weighted by Crippen LogP contribution is -2.33. The minimum atomic E-state index is -0.807. The molecule has 2 aliphatic carbocycles. The topological polar surface area (TPSA) is 136 Å². The van der Waals surface area contributed by atoms with E-state index in [1.54, 1.807) is 19.1 Å². The molecule has 1 saturated heterocycles. The highest BCUT2D eigenvalue weighted by Gasteiger charge is 2.59. The maximum atomic E-state index is 13.0.